The van der Waals surface area contributed by atoms with Gasteiger partial charge in [0.05, 0.1) is 32.4 Å². The van der Waals surface area contributed by atoms with Crippen LogP contribution in [0.3, 0.4) is 0 Å². The van der Waals surface area contributed by atoms with E-state index in [9.17, 15) is 9.90 Å². The zero-order chi connectivity index (χ0) is 12.8. The molecular weight excluding hydrogens is 236 g/mol. The summed E-state index contributed by atoms with van der Waals surface area (Å²) in [6.07, 6.45) is 3.13. The minimum Gasteiger partial charge on any atom is -0.395 e. The molecule has 0 bridgehead atoms. The fourth-order valence-corrected chi connectivity index (χ4v) is 1.78. The second kappa shape index (κ2) is 6.39. The average molecular weight is 252 g/mol. The first-order chi connectivity index (χ1) is 8.79. The molecule has 0 aromatic carbocycles. The Bertz CT molecular complexity index is 387. The normalized spacial score (nSPS) is 20.6. The molecule has 1 atom stereocenters. The van der Waals surface area contributed by atoms with Crippen LogP contribution >= 0.6 is 0 Å². The van der Waals surface area contributed by atoms with Crippen LogP contribution in [-0.2, 0) is 9.53 Å². The number of nitrogens with zero attached hydrogens (tertiary/aromatic N) is 3. The van der Waals surface area contributed by atoms with Crippen LogP contribution < -0.4 is 5.32 Å². The molecule has 7 nitrogen and oxygen atoms in total. The second-order valence-corrected chi connectivity index (χ2v) is 4.00. The maximum absolute atomic E-state index is 11.8. The first kappa shape index (κ1) is 12.9. The standard InChI is InChI=1S/C11H16N4O3/c16-7-9-8-18-5-4-15(9)6-10(17)14-11-12-2-1-3-13-11/h1-3,9,16H,4-8H2,(H,12,13,14,17). The molecule has 7 heteroatoms. The third-order valence-electron chi connectivity index (χ3n) is 2.72. The van der Waals surface area contributed by atoms with Crippen LogP contribution in [0.2, 0.25) is 0 Å². The number of ether oxygens (including phenoxy) is 1. The Balaban J connectivity index is 1.86. The van der Waals surface area contributed by atoms with Gasteiger partial charge in [-0.3, -0.25) is 15.0 Å². The number of hydrogen-bond donors (Lipinski definition) is 2. The number of aliphatic hydroxyl groups is 1. The van der Waals surface area contributed by atoms with E-state index in [4.69, 9.17) is 4.74 Å². The summed E-state index contributed by atoms with van der Waals surface area (Å²) in [4.78, 5) is 21.5. The molecule has 1 aromatic heterocycles. The van der Waals surface area contributed by atoms with Crippen molar-refractivity contribution in [1.82, 2.24) is 14.9 Å². The lowest BCUT2D eigenvalue weighted by molar-refractivity contribution is -0.120. The third kappa shape index (κ3) is 3.46. The number of aliphatic hydroxyl groups excluding tert-OH is 1. The number of aromatic nitrogens is 2. The van der Waals surface area contributed by atoms with E-state index in [1.165, 1.54) is 0 Å². The van der Waals surface area contributed by atoms with Gasteiger partial charge in [0.25, 0.3) is 0 Å². The quantitative estimate of drug-likeness (QED) is 0.722. The second-order valence-electron chi connectivity index (χ2n) is 4.00. The first-order valence-corrected chi connectivity index (χ1v) is 5.79. The predicted molar refractivity (Wildman–Crippen MR) is 63.9 cm³/mol. The molecule has 0 aliphatic carbocycles. The Hall–Kier alpha value is -1.57. The molecule has 0 radical (unpaired) electrons. The molecule has 1 unspecified atom stereocenters. The van der Waals surface area contributed by atoms with Crippen LogP contribution in [-0.4, -0.2) is 64.8 Å². The first-order valence-electron chi connectivity index (χ1n) is 5.79. The molecular formula is C11H16N4O3. The van der Waals surface area contributed by atoms with E-state index in [1.807, 2.05) is 4.90 Å². The number of nitrogens with one attached hydrogen (secondary N) is 1. The third-order valence-corrected chi connectivity index (χ3v) is 2.72. The van der Waals surface area contributed by atoms with E-state index in [0.29, 0.717) is 19.8 Å². The molecule has 2 rings (SSSR count). The number of amides is 1. The van der Waals surface area contributed by atoms with Crippen LogP contribution in [0.1, 0.15) is 0 Å². The SMILES string of the molecule is O=C(CN1CCOCC1CO)Nc1ncccn1. The molecule has 1 amide bonds. The number of hydrogen-bond acceptors (Lipinski definition) is 6. The van der Waals surface area contributed by atoms with Crippen LogP contribution in [0.4, 0.5) is 5.95 Å². The number of carbonyl (C=O) groups is 1. The van der Waals surface area contributed by atoms with Crippen LogP contribution in [0.25, 0.3) is 0 Å². The number of carbonyl (C=O) groups excluding carboxylic acids is 1. The highest BCUT2D eigenvalue weighted by Crippen LogP contribution is 2.06. The van der Waals surface area contributed by atoms with Gasteiger partial charge in [-0.25, -0.2) is 9.97 Å². The molecule has 0 spiro atoms. The molecule has 1 saturated heterocycles. The van der Waals surface area contributed by atoms with E-state index in [0.717, 1.165) is 0 Å². The van der Waals surface area contributed by atoms with E-state index in [2.05, 4.69) is 15.3 Å². The Kier molecular flexibility index (Phi) is 4.57. The molecule has 0 saturated carbocycles. The van der Waals surface area contributed by atoms with Gasteiger partial charge in [0.2, 0.25) is 11.9 Å². The molecule has 2 heterocycles. The van der Waals surface area contributed by atoms with Crippen molar-refractivity contribution in [2.24, 2.45) is 0 Å². The highest BCUT2D eigenvalue weighted by molar-refractivity contribution is 5.90. The summed E-state index contributed by atoms with van der Waals surface area (Å²) in [5.41, 5.74) is 0. The van der Waals surface area contributed by atoms with Gasteiger partial charge >= 0.3 is 0 Å². The number of rotatable bonds is 4. The van der Waals surface area contributed by atoms with Crippen molar-refractivity contribution < 1.29 is 14.6 Å². The summed E-state index contributed by atoms with van der Waals surface area (Å²) in [7, 11) is 0. The molecule has 1 aliphatic heterocycles. The summed E-state index contributed by atoms with van der Waals surface area (Å²) in [6.45, 7) is 1.84. The van der Waals surface area contributed by atoms with Crippen molar-refractivity contribution in [3.63, 3.8) is 0 Å². The smallest absolute Gasteiger partial charge is 0.240 e. The van der Waals surface area contributed by atoms with Crippen molar-refractivity contribution in [2.45, 2.75) is 6.04 Å². The Labute approximate surface area is 105 Å². The molecule has 1 aromatic rings. The molecule has 18 heavy (non-hydrogen) atoms. The summed E-state index contributed by atoms with van der Waals surface area (Å²) in [5, 5.41) is 11.8. The average Bonchev–Trinajstić information content (AvgIpc) is 2.40. The van der Waals surface area contributed by atoms with Gasteiger partial charge < -0.3 is 9.84 Å². The minimum atomic E-state index is -0.193. The van der Waals surface area contributed by atoms with Crippen molar-refractivity contribution in [2.75, 3.05) is 38.2 Å². The van der Waals surface area contributed by atoms with Gasteiger partial charge in [0, 0.05) is 18.9 Å². The van der Waals surface area contributed by atoms with Gasteiger partial charge in [0.1, 0.15) is 0 Å². The summed E-state index contributed by atoms with van der Waals surface area (Å²) < 4.78 is 5.25. The molecule has 1 fully saturated rings. The van der Waals surface area contributed by atoms with E-state index in [-0.39, 0.29) is 31.0 Å². The minimum absolute atomic E-state index is 0.0187. The van der Waals surface area contributed by atoms with Gasteiger partial charge in [-0.1, -0.05) is 0 Å². The van der Waals surface area contributed by atoms with Gasteiger partial charge in [-0.05, 0) is 6.07 Å². The zero-order valence-electron chi connectivity index (χ0n) is 9.95. The van der Waals surface area contributed by atoms with Crippen LogP contribution in [0.5, 0.6) is 0 Å². The highest BCUT2D eigenvalue weighted by Gasteiger charge is 2.24. The summed E-state index contributed by atoms with van der Waals surface area (Å²) >= 11 is 0. The van der Waals surface area contributed by atoms with Crippen molar-refractivity contribution >= 4 is 11.9 Å². The summed E-state index contributed by atoms with van der Waals surface area (Å²) in [6, 6.07) is 1.56. The van der Waals surface area contributed by atoms with E-state index < -0.39 is 0 Å². The Morgan fingerprint density at radius 1 is 1.56 bits per heavy atom. The lowest BCUT2D eigenvalue weighted by Crippen LogP contribution is -2.50. The lowest BCUT2D eigenvalue weighted by Gasteiger charge is -2.33. The van der Waals surface area contributed by atoms with Crippen LogP contribution in [0.15, 0.2) is 18.5 Å². The Morgan fingerprint density at radius 2 is 2.33 bits per heavy atom. The van der Waals surface area contributed by atoms with Gasteiger partial charge in [-0.2, -0.15) is 0 Å². The van der Waals surface area contributed by atoms with E-state index in [1.54, 1.807) is 18.5 Å². The van der Waals surface area contributed by atoms with Crippen molar-refractivity contribution in [3.8, 4) is 0 Å². The zero-order valence-corrected chi connectivity index (χ0v) is 9.95. The Morgan fingerprint density at radius 3 is 3.06 bits per heavy atom. The molecule has 2 N–H and O–H groups in total. The number of morpholine rings is 1. The van der Waals surface area contributed by atoms with Crippen molar-refractivity contribution in [3.05, 3.63) is 18.5 Å². The maximum atomic E-state index is 11.8. The fraction of sp³-hybridized carbons (Fsp3) is 0.545. The predicted octanol–water partition coefficient (Wildman–Crippen LogP) is -0.892. The van der Waals surface area contributed by atoms with Gasteiger partial charge in [-0.15, -0.1) is 0 Å². The monoisotopic (exact) mass is 252 g/mol. The molecule has 1 aliphatic rings. The van der Waals surface area contributed by atoms with E-state index >= 15 is 0 Å². The summed E-state index contributed by atoms with van der Waals surface area (Å²) in [5.74, 6) is 0.0952. The largest absolute Gasteiger partial charge is 0.395 e. The maximum Gasteiger partial charge on any atom is 0.240 e. The number of anilines is 1. The highest BCUT2D eigenvalue weighted by atomic mass is 16.5. The lowest BCUT2D eigenvalue weighted by atomic mass is 10.2. The fourth-order valence-electron chi connectivity index (χ4n) is 1.78. The van der Waals surface area contributed by atoms with Crippen molar-refractivity contribution in [1.29, 1.82) is 0 Å². The topological polar surface area (TPSA) is 87.6 Å². The van der Waals surface area contributed by atoms with Crippen LogP contribution in [0, 0.1) is 0 Å². The molecule has 98 valence electrons. The van der Waals surface area contributed by atoms with Gasteiger partial charge in [0.15, 0.2) is 0 Å².